The number of aromatic nitrogens is 4. The van der Waals surface area contributed by atoms with Crippen LogP contribution in [0, 0.1) is 25.2 Å². The molecule has 1 N–H and O–H groups in total. The molecule has 2 aromatic heterocycles. The molecule has 0 saturated carbocycles. The highest BCUT2D eigenvalue weighted by Gasteiger charge is 2.31. The molecule has 4 rings (SSSR count). The van der Waals surface area contributed by atoms with Crippen LogP contribution in [0.4, 0.5) is 13.2 Å². The summed E-state index contributed by atoms with van der Waals surface area (Å²) in [5, 5.41) is 23.3. The summed E-state index contributed by atoms with van der Waals surface area (Å²) < 4.78 is 43.7. The Bertz CT molecular complexity index is 1640. The fraction of sp³-hybridized carbons (Fsp3) is 0.231. The molecule has 190 valence electrons. The first-order valence-corrected chi connectivity index (χ1v) is 11.2. The third-order valence-electron chi connectivity index (χ3n) is 6.09. The van der Waals surface area contributed by atoms with Gasteiger partial charge in [0.1, 0.15) is 0 Å². The number of halogens is 3. The van der Waals surface area contributed by atoms with Crippen molar-refractivity contribution in [3.8, 4) is 28.7 Å². The summed E-state index contributed by atoms with van der Waals surface area (Å²) in [6, 6.07) is 11.8. The Morgan fingerprint density at radius 1 is 1.08 bits per heavy atom. The van der Waals surface area contributed by atoms with Crippen molar-refractivity contribution in [3.63, 3.8) is 0 Å². The Morgan fingerprint density at radius 3 is 2.35 bits per heavy atom. The number of aliphatic hydroxyl groups is 1. The first-order chi connectivity index (χ1) is 17.5. The number of hydrogen-bond acceptors (Lipinski definition) is 5. The van der Waals surface area contributed by atoms with Gasteiger partial charge in [-0.15, -0.1) is 0 Å². The Labute approximate surface area is 209 Å². The summed E-state index contributed by atoms with van der Waals surface area (Å²) in [5.74, 6) is 0. The largest absolute Gasteiger partial charge is 0.416 e. The second-order valence-corrected chi connectivity index (χ2v) is 8.58. The molecule has 0 saturated heterocycles. The molecule has 2 heterocycles. The molecule has 11 heteroatoms. The average molecular weight is 509 g/mol. The van der Waals surface area contributed by atoms with Crippen LogP contribution < -0.4 is 11.2 Å². The van der Waals surface area contributed by atoms with E-state index in [0.29, 0.717) is 22.5 Å². The number of aryl methyl sites for hydroxylation is 1. The van der Waals surface area contributed by atoms with Crippen molar-refractivity contribution >= 4 is 0 Å². The van der Waals surface area contributed by atoms with E-state index in [1.807, 2.05) is 6.07 Å². The van der Waals surface area contributed by atoms with E-state index in [1.165, 1.54) is 36.9 Å². The summed E-state index contributed by atoms with van der Waals surface area (Å²) in [6.07, 6.45) is -3.13. The highest BCUT2D eigenvalue weighted by molar-refractivity contribution is 5.68. The smallest absolute Gasteiger partial charge is 0.394 e. The van der Waals surface area contributed by atoms with E-state index >= 15 is 0 Å². The van der Waals surface area contributed by atoms with Gasteiger partial charge in [0, 0.05) is 5.69 Å². The first kappa shape index (κ1) is 25.7. The number of aliphatic hydroxyl groups excluding tert-OH is 1. The Kier molecular flexibility index (Phi) is 6.62. The summed E-state index contributed by atoms with van der Waals surface area (Å²) in [7, 11) is 0. The summed E-state index contributed by atoms with van der Waals surface area (Å²) >= 11 is 0. The predicted octanol–water partition coefficient (Wildman–Crippen LogP) is 3.91. The zero-order valence-corrected chi connectivity index (χ0v) is 20.1. The summed E-state index contributed by atoms with van der Waals surface area (Å²) in [6.45, 7) is 4.10. The van der Waals surface area contributed by atoms with Gasteiger partial charge in [-0.2, -0.15) is 23.5 Å². The number of benzene rings is 2. The molecule has 0 radical (unpaired) electrons. The number of nitrogens with zero attached hydrogens (tertiary/aromatic N) is 5. The lowest BCUT2D eigenvalue weighted by Crippen LogP contribution is -2.44. The third-order valence-corrected chi connectivity index (χ3v) is 6.09. The van der Waals surface area contributed by atoms with Crippen LogP contribution in [-0.2, 0) is 6.18 Å². The standard InChI is InChI=1S/C26H22F3N5O3/c1-15-13-31-34(20-9-7-18(12-30)8-10-20)23(15)22-17(3)33(25(37)32(24(22)36)16(2)14-35)21-6-4-5-19(11-21)26(27,28)29/h4-11,13,16,35H,14H2,1-3H3. The predicted molar refractivity (Wildman–Crippen MR) is 130 cm³/mol. The van der Waals surface area contributed by atoms with Gasteiger partial charge in [0.05, 0.1) is 58.7 Å². The van der Waals surface area contributed by atoms with E-state index in [-0.39, 0.29) is 16.9 Å². The van der Waals surface area contributed by atoms with Crippen LogP contribution in [0.25, 0.3) is 22.6 Å². The van der Waals surface area contributed by atoms with E-state index in [9.17, 15) is 27.9 Å². The van der Waals surface area contributed by atoms with Gasteiger partial charge in [-0.05, 0) is 68.8 Å². The van der Waals surface area contributed by atoms with Gasteiger partial charge >= 0.3 is 11.9 Å². The topological polar surface area (TPSA) is 106 Å². The zero-order valence-electron chi connectivity index (χ0n) is 20.1. The maximum absolute atomic E-state index is 13.7. The number of alkyl halides is 3. The van der Waals surface area contributed by atoms with Gasteiger partial charge in [-0.3, -0.25) is 13.9 Å². The summed E-state index contributed by atoms with van der Waals surface area (Å²) in [5.41, 5.74) is -0.647. The van der Waals surface area contributed by atoms with Crippen molar-refractivity contribution in [3.05, 3.63) is 98.0 Å². The summed E-state index contributed by atoms with van der Waals surface area (Å²) in [4.78, 5) is 27.2. The van der Waals surface area contributed by atoms with Gasteiger partial charge in [0.15, 0.2) is 0 Å². The normalized spacial score (nSPS) is 12.4. The second kappa shape index (κ2) is 9.55. The fourth-order valence-electron chi connectivity index (χ4n) is 4.20. The van der Waals surface area contributed by atoms with Crippen LogP contribution in [-0.4, -0.2) is 30.6 Å². The minimum Gasteiger partial charge on any atom is -0.394 e. The monoisotopic (exact) mass is 509 g/mol. The number of hydrogen-bond donors (Lipinski definition) is 1. The van der Waals surface area contributed by atoms with Crippen LogP contribution in [0.3, 0.4) is 0 Å². The van der Waals surface area contributed by atoms with Crippen molar-refractivity contribution in [2.45, 2.75) is 33.0 Å². The Hall–Kier alpha value is -4.43. The molecular weight excluding hydrogens is 487 g/mol. The lowest BCUT2D eigenvalue weighted by Gasteiger charge is -2.21. The van der Waals surface area contributed by atoms with E-state index < -0.39 is 35.6 Å². The van der Waals surface area contributed by atoms with Gasteiger partial charge < -0.3 is 5.11 Å². The van der Waals surface area contributed by atoms with E-state index in [4.69, 9.17) is 5.26 Å². The lowest BCUT2D eigenvalue weighted by atomic mass is 10.1. The molecule has 0 fully saturated rings. The van der Waals surface area contributed by atoms with E-state index in [2.05, 4.69) is 5.10 Å². The molecular formula is C26H22F3N5O3. The molecule has 0 aliphatic heterocycles. The molecule has 4 aromatic rings. The minimum atomic E-state index is -4.64. The molecule has 2 aromatic carbocycles. The van der Waals surface area contributed by atoms with Crippen LogP contribution in [0.15, 0.2) is 64.3 Å². The van der Waals surface area contributed by atoms with Crippen LogP contribution in [0.5, 0.6) is 0 Å². The van der Waals surface area contributed by atoms with Crippen LogP contribution in [0.1, 0.15) is 35.3 Å². The number of rotatable bonds is 5. The van der Waals surface area contributed by atoms with Crippen molar-refractivity contribution in [2.75, 3.05) is 6.61 Å². The number of nitriles is 1. The quantitative estimate of drug-likeness (QED) is 0.439. The van der Waals surface area contributed by atoms with Gasteiger partial charge in [0.2, 0.25) is 0 Å². The third kappa shape index (κ3) is 4.47. The van der Waals surface area contributed by atoms with Crippen molar-refractivity contribution in [1.29, 1.82) is 5.26 Å². The first-order valence-electron chi connectivity index (χ1n) is 11.2. The average Bonchev–Trinajstić information content (AvgIpc) is 3.24. The van der Waals surface area contributed by atoms with Crippen LogP contribution in [0.2, 0.25) is 0 Å². The van der Waals surface area contributed by atoms with Crippen LogP contribution >= 0.6 is 0 Å². The van der Waals surface area contributed by atoms with Gasteiger partial charge in [0.25, 0.3) is 5.56 Å². The highest BCUT2D eigenvalue weighted by atomic mass is 19.4. The van der Waals surface area contributed by atoms with Gasteiger partial charge in [-0.25, -0.2) is 9.48 Å². The molecule has 0 spiro atoms. The van der Waals surface area contributed by atoms with Crippen molar-refractivity contribution < 1.29 is 18.3 Å². The molecule has 37 heavy (non-hydrogen) atoms. The highest BCUT2D eigenvalue weighted by Crippen LogP contribution is 2.31. The molecule has 0 amide bonds. The molecule has 0 bridgehead atoms. The van der Waals surface area contributed by atoms with Crippen molar-refractivity contribution in [1.82, 2.24) is 18.9 Å². The molecule has 1 unspecified atom stereocenters. The lowest BCUT2D eigenvalue weighted by molar-refractivity contribution is -0.137. The van der Waals surface area contributed by atoms with E-state index in [1.54, 1.807) is 31.2 Å². The molecule has 0 aliphatic carbocycles. The molecule has 8 nitrogen and oxygen atoms in total. The minimum absolute atomic E-state index is 0.0386. The van der Waals surface area contributed by atoms with Crippen molar-refractivity contribution in [2.24, 2.45) is 0 Å². The van der Waals surface area contributed by atoms with Gasteiger partial charge in [-0.1, -0.05) is 6.07 Å². The molecule has 1 atom stereocenters. The fourth-order valence-corrected chi connectivity index (χ4v) is 4.20. The maximum atomic E-state index is 13.7. The Balaban J connectivity index is 2.10. The second-order valence-electron chi connectivity index (χ2n) is 8.58. The van der Waals surface area contributed by atoms with E-state index in [0.717, 1.165) is 21.3 Å². The SMILES string of the molecule is Cc1cnn(-c2ccc(C#N)cc2)c1-c1c(C)n(-c2cccc(C(F)(F)F)c2)c(=O)n(C(C)CO)c1=O. The maximum Gasteiger partial charge on any atom is 0.416 e. The molecule has 0 aliphatic rings. The zero-order chi connectivity index (χ0) is 27.1. The Morgan fingerprint density at radius 2 is 1.76 bits per heavy atom.